The van der Waals surface area contributed by atoms with Gasteiger partial charge in [-0.3, -0.25) is 9.88 Å². The average Bonchev–Trinajstić information content (AvgIpc) is 3.63. The fraction of sp³-hybridized carbons (Fsp3) is 0.222. The summed E-state index contributed by atoms with van der Waals surface area (Å²) < 4.78 is 12.8. The van der Waals surface area contributed by atoms with Crippen LogP contribution in [0.5, 0.6) is 5.75 Å². The second-order valence-corrected chi connectivity index (χ2v) is 8.76. The lowest BCUT2D eigenvalue weighted by Gasteiger charge is -2.35. The summed E-state index contributed by atoms with van der Waals surface area (Å²) in [5.74, 6) is 2.00. The van der Waals surface area contributed by atoms with Crippen LogP contribution in [0.15, 0.2) is 78.1 Å². The van der Waals surface area contributed by atoms with E-state index in [1.165, 1.54) is 6.26 Å². The number of piperazine rings is 1. The van der Waals surface area contributed by atoms with Crippen LogP contribution in [0.2, 0.25) is 0 Å². The van der Waals surface area contributed by atoms with E-state index in [9.17, 15) is 5.26 Å². The Morgan fingerprint density at radius 3 is 2.65 bits per heavy atom. The fourth-order valence-electron chi connectivity index (χ4n) is 4.54. The highest BCUT2D eigenvalue weighted by atomic mass is 16.5. The Kier molecular flexibility index (Phi) is 6.19. The Hall–Kier alpha value is -4.75. The second-order valence-electron chi connectivity index (χ2n) is 8.76. The van der Waals surface area contributed by atoms with Crippen LogP contribution in [-0.2, 0) is 13.2 Å². The van der Waals surface area contributed by atoms with Gasteiger partial charge in [-0.1, -0.05) is 6.07 Å². The lowest BCUT2D eigenvalue weighted by molar-refractivity contribution is 0.246. The smallest absolute Gasteiger partial charge is 0.232 e. The monoisotopic (exact) mass is 492 g/mol. The molecule has 5 aromatic rings. The SMILES string of the molecule is N#Cc1cnn2cc(OCc3ncco3)cc(-c3ccc(N4CCN(Cc5ccccn5)CC4)nc3)c12. The Morgan fingerprint density at radius 2 is 1.92 bits per heavy atom. The molecular weight excluding hydrogens is 468 g/mol. The van der Waals surface area contributed by atoms with E-state index < -0.39 is 0 Å². The van der Waals surface area contributed by atoms with Crippen molar-refractivity contribution in [3.63, 3.8) is 0 Å². The van der Waals surface area contributed by atoms with Crippen LogP contribution in [0.1, 0.15) is 17.1 Å². The van der Waals surface area contributed by atoms with Crippen molar-refractivity contribution < 1.29 is 9.15 Å². The van der Waals surface area contributed by atoms with Crippen molar-refractivity contribution in [3.8, 4) is 22.9 Å². The van der Waals surface area contributed by atoms with Gasteiger partial charge >= 0.3 is 0 Å². The Balaban J connectivity index is 1.20. The normalized spacial score (nSPS) is 14.1. The lowest BCUT2D eigenvalue weighted by Crippen LogP contribution is -2.46. The maximum Gasteiger partial charge on any atom is 0.232 e. The number of aromatic nitrogens is 5. The molecule has 1 saturated heterocycles. The third-order valence-electron chi connectivity index (χ3n) is 6.42. The number of hydrogen-bond donors (Lipinski definition) is 0. The molecule has 0 unspecified atom stereocenters. The van der Waals surface area contributed by atoms with Crippen molar-refractivity contribution in [2.75, 3.05) is 31.1 Å². The minimum absolute atomic E-state index is 0.188. The van der Waals surface area contributed by atoms with E-state index in [-0.39, 0.29) is 6.61 Å². The van der Waals surface area contributed by atoms with Crippen LogP contribution in [0.25, 0.3) is 16.6 Å². The zero-order valence-corrected chi connectivity index (χ0v) is 20.1. The van der Waals surface area contributed by atoms with E-state index in [1.54, 1.807) is 23.1 Å². The second kappa shape index (κ2) is 10.1. The first kappa shape index (κ1) is 22.7. The lowest BCUT2D eigenvalue weighted by atomic mass is 10.1. The Bertz CT molecular complexity index is 1520. The van der Waals surface area contributed by atoms with Gasteiger partial charge in [-0.15, -0.1) is 0 Å². The minimum atomic E-state index is 0.188. The van der Waals surface area contributed by atoms with Crippen molar-refractivity contribution in [1.82, 2.24) is 29.5 Å². The van der Waals surface area contributed by atoms with Gasteiger partial charge in [0.25, 0.3) is 0 Å². The maximum absolute atomic E-state index is 9.64. The zero-order chi connectivity index (χ0) is 25.0. The summed E-state index contributed by atoms with van der Waals surface area (Å²) in [5.41, 5.74) is 3.98. The van der Waals surface area contributed by atoms with E-state index >= 15 is 0 Å². The van der Waals surface area contributed by atoms with E-state index in [4.69, 9.17) is 14.1 Å². The van der Waals surface area contributed by atoms with E-state index in [2.05, 4.69) is 37.0 Å². The molecule has 0 bridgehead atoms. The first-order chi connectivity index (χ1) is 18.3. The van der Waals surface area contributed by atoms with Crippen LogP contribution < -0.4 is 9.64 Å². The number of anilines is 1. The van der Waals surface area contributed by atoms with Gasteiger partial charge in [0, 0.05) is 56.2 Å². The molecule has 5 aromatic heterocycles. The predicted octanol–water partition coefficient (Wildman–Crippen LogP) is 3.55. The maximum atomic E-state index is 9.64. The molecule has 37 heavy (non-hydrogen) atoms. The first-order valence-corrected chi connectivity index (χ1v) is 12.0. The molecule has 184 valence electrons. The number of pyridine rings is 3. The Labute approximate surface area is 213 Å². The highest BCUT2D eigenvalue weighted by Gasteiger charge is 2.19. The number of nitrogens with zero attached hydrogens (tertiary/aromatic N) is 8. The van der Waals surface area contributed by atoms with Gasteiger partial charge in [0.15, 0.2) is 6.61 Å². The molecule has 0 aliphatic carbocycles. The van der Waals surface area contributed by atoms with Crippen molar-refractivity contribution in [2.24, 2.45) is 0 Å². The van der Waals surface area contributed by atoms with Gasteiger partial charge in [-0.2, -0.15) is 10.4 Å². The number of nitriles is 1. The number of ether oxygens (including phenoxy) is 1. The molecule has 10 nitrogen and oxygen atoms in total. The Morgan fingerprint density at radius 1 is 1.00 bits per heavy atom. The molecule has 6 heterocycles. The molecule has 10 heteroatoms. The summed E-state index contributed by atoms with van der Waals surface area (Å²) in [4.78, 5) is 18.0. The van der Waals surface area contributed by atoms with Crippen LogP contribution in [0.3, 0.4) is 0 Å². The van der Waals surface area contributed by atoms with Crippen LogP contribution >= 0.6 is 0 Å². The van der Waals surface area contributed by atoms with E-state index in [0.717, 1.165) is 55.4 Å². The van der Waals surface area contributed by atoms with Gasteiger partial charge < -0.3 is 14.1 Å². The number of hydrogen-bond acceptors (Lipinski definition) is 9. The summed E-state index contributed by atoms with van der Waals surface area (Å²) in [6.45, 7) is 4.74. The first-order valence-electron chi connectivity index (χ1n) is 12.0. The minimum Gasteiger partial charge on any atom is -0.482 e. The van der Waals surface area contributed by atoms with Gasteiger partial charge in [0.1, 0.15) is 23.9 Å². The topological polar surface area (TPSA) is 109 Å². The van der Waals surface area contributed by atoms with E-state index in [0.29, 0.717) is 22.7 Å². The van der Waals surface area contributed by atoms with Crippen LogP contribution in [0, 0.1) is 11.3 Å². The largest absolute Gasteiger partial charge is 0.482 e. The molecule has 6 rings (SSSR count). The highest BCUT2D eigenvalue weighted by molar-refractivity contribution is 5.85. The molecular formula is C27H24N8O2. The molecule has 0 radical (unpaired) electrons. The van der Waals surface area contributed by atoms with Gasteiger partial charge in [-0.25, -0.2) is 14.5 Å². The molecule has 0 N–H and O–H groups in total. The third-order valence-corrected chi connectivity index (χ3v) is 6.42. The summed E-state index contributed by atoms with van der Waals surface area (Å²) >= 11 is 0. The number of oxazole rings is 1. The van der Waals surface area contributed by atoms with Gasteiger partial charge in [-0.05, 0) is 30.3 Å². The number of fused-ring (bicyclic) bond motifs is 1. The van der Waals surface area contributed by atoms with Gasteiger partial charge in [0.2, 0.25) is 5.89 Å². The molecule has 1 aliphatic rings. The summed E-state index contributed by atoms with van der Waals surface area (Å²) in [5, 5.41) is 14.0. The molecule has 0 atom stereocenters. The predicted molar refractivity (Wildman–Crippen MR) is 136 cm³/mol. The molecule has 1 aliphatic heterocycles. The molecule has 0 aromatic carbocycles. The van der Waals surface area contributed by atoms with E-state index in [1.807, 2.05) is 42.7 Å². The van der Waals surface area contributed by atoms with Crippen LogP contribution in [0.4, 0.5) is 5.82 Å². The molecule has 0 amide bonds. The third kappa shape index (κ3) is 4.85. The number of rotatable bonds is 7. The van der Waals surface area contributed by atoms with Crippen molar-refractivity contribution >= 4 is 11.3 Å². The molecule has 0 saturated carbocycles. The van der Waals surface area contributed by atoms with Crippen LogP contribution in [-0.4, -0.2) is 55.6 Å². The summed E-state index contributed by atoms with van der Waals surface area (Å²) in [6, 6.07) is 14.2. The summed E-state index contributed by atoms with van der Waals surface area (Å²) in [7, 11) is 0. The molecule has 1 fully saturated rings. The fourth-order valence-corrected chi connectivity index (χ4v) is 4.54. The quantitative estimate of drug-likeness (QED) is 0.337. The average molecular weight is 493 g/mol. The van der Waals surface area contributed by atoms with Crippen molar-refractivity contribution in [1.29, 1.82) is 5.26 Å². The van der Waals surface area contributed by atoms with Gasteiger partial charge in [0.05, 0.1) is 35.4 Å². The summed E-state index contributed by atoms with van der Waals surface area (Å²) in [6.07, 6.45) is 10.1. The van der Waals surface area contributed by atoms with Crippen molar-refractivity contribution in [3.05, 3.63) is 90.8 Å². The van der Waals surface area contributed by atoms with Crippen molar-refractivity contribution in [2.45, 2.75) is 13.2 Å². The molecule has 0 spiro atoms. The standard InChI is InChI=1S/C27H24N8O2/c28-14-21-16-32-35-18-23(37-19-26-30-7-12-36-26)13-24(27(21)35)20-4-5-25(31-15-20)34-10-8-33(9-11-34)17-22-3-1-2-6-29-22/h1-7,12-13,15-16,18H,8-11,17,19H2. The highest BCUT2D eigenvalue weighted by Crippen LogP contribution is 2.31. The zero-order valence-electron chi connectivity index (χ0n) is 20.1.